The van der Waals surface area contributed by atoms with E-state index >= 15 is 0 Å². The number of carbonyl (C=O) groups excluding carboxylic acids is 1. The van der Waals surface area contributed by atoms with Crippen molar-refractivity contribution in [3.63, 3.8) is 0 Å². The summed E-state index contributed by atoms with van der Waals surface area (Å²) in [6, 6.07) is 15.4. The topological polar surface area (TPSA) is 29.5 Å². The number of nitrogens with zero attached hydrogens (tertiary/aromatic N) is 1. The molecule has 2 aromatic carbocycles. The lowest BCUT2D eigenvalue weighted by atomic mass is 9.98. The summed E-state index contributed by atoms with van der Waals surface area (Å²) in [5, 5.41) is 0. The third-order valence-electron chi connectivity index (χ3n) is 2.95. The summed E-state index contributed by atoms with van der Waals surface area (Å²) >= 11 is 0. The Morgan fingerprint density at radius 3 is 2.32 bits per heavy atom. The maximum Gasteiger partial charge on any atom is 0.253 e. The second-order valence-corrected chi connectivity index (χ2v) is 4.48. The molecule has 3 heteroatoms. The molecule has 3 nitrogen and oxygen atoms in total. The highest BCUT2D eigenvalue weighted by Gasteiger charge is 2.15. The Morgan fingerprint density at radius 2 is 1.74 bits per heavy atom. The van der Waals surface area contributed by atoms with Crippen LogP contribution in [-0.2, 0) is 0 Å². The molecular formula is C16H17NO2. The molecule has 0 aliphatic carbocycles. The van der Waals surface area contributed by atoms with E-state index in [2.05, 4.69) is 0 Å². The molecule has 0 heterocycles. The van der Waals surface area contributed by atoms with Gasteiger partial charge in [0.25, 0.3) is 5.91 Å². The average molecular weight is 255 g/mol. The van der Waals surface area contributed by atoms with E-state index in [0.717, 1.165) is 16.9 Å². The first kappa shape index (κ1) is 13.1. The van der Waals surface area contributed by atoms with Gasteiger partial charge in [-0.2, -0.15) is 0 Å². The zero-order chi connectivity index (χ0) is 13.8. The van der Waals surface area contributed by atoms with Gasteiger partial charge in [-0.25, -0.2) is 0 Å². The Labute approximate surface area is 113 Å². The Morgan fingerprint density at radius 1 is 1.05 bits per heavy atom. The van der Waals surface area contributed by atoms with Crippen molar-refractivity contribution in [2.24, 2.45) is 0 Å². The van der Waals surface area contributed by atoms with E-state index in [1.165, 1.54) is 0 Å². The minimum Gasteiger partial charge on any atom is -0.497 e. The minimum absolute atomic E-state index is 0.0125. The molecule has 0 spiro atoms. The maximum absolute atomic E-state index is 12.2. The van der Waals surface area contributed by atoms with Crippen molar-refractivity contribution in [2.45, 2.75) is 0 Å². The van der Waals surface area contributed by atoms with E-state index < -0.39 is 0 Å². The van der Waals surface area contributed by atoms with E-state index in [9.17, 15) is 4.79 Å². The van der Waals surface area contributed by atoms with Gasteiger partial charge in [-0.15, -0.1) is 0 Å². The highest BCUT2D eigenvalue weighted by molar-refractivity contribution is 6.00. The quantitative estimate of drug-likeness (QED) is 0.843. The van der Waals surface area contributed by atoms with Gasteiger partial charge in [-0.05, 0) is 29.3 Å². The van der Waals surface area contributed by atoms with Gasteiger partial charge in [0.05, 0.1) is 7.11 Å². The van der Waals surface area contributed by atoms with E-state index in [-0.39, 0.29) is 5.91 Å². The normalized spacial score (nSPS) is 10.1. The molecule has 0 radical (unpaired) electrons. The van der Waals surface area contributed by atoms with Crippen LogP contribution in [0.5, 0.6) is 5.75 Å². The molecular weight excluding hydrogens is 238 g/mol. The van der Waals surface area contributed by atoms with Gasteiger partial charge in [0, 0.05) is 19.7 Å². The molecule has 2 aromatic rings. The molecule has 0 N–H and O–H groups in total. The maximum atomic E-state index is 12.2. The lowest BCUT2D eigenvalue weighted by molar-refractivity contribution is 0.0828. The fourth-order valence-corrected chi connectivity index (χ4v) is 1.93. The van der Waals surface area contributed by atoms with Crippen molar-refractivity contribution in [1.82, 2.24) is 4.90 Å². The molecule has 0 aromatic heterocycles. The van der Waals surface area contributed by atoms with Gasteiger partial charge >= 0.3 is 0 Å². The molecule has 0 bridgehead atoms. The second kappa shape index (κ2) is 5.57. The highest BCUT2D eigenvalue weighted by Crippen LogP contribution is 2.28. The lowest BCUT2D eigenvalue weighted by Crippen LogP contribution is -2.22. The Balaban J connectivity index is 2.58. The third kappa shape index (κ3) is 2.76. The number of amides is 1. The molecule has 98 valence electrons. The standard InChI is InChI=1S/C16H17NO2/c1-17(2)16(18)14-10-9-13(19-3)11-15(14)12-7-5-4-6-8-12/h4-11H,1-3H3. The summed E-state index contributed by atoms with van der Waals surface area (Å²) in [5.41, 5.74) is 2.57. The molecule has 1 amide bonds. The van der Waals surface area contributed by atoms with E-state index in [0.29, 0.717) is 5.56 Å². The van der Waals surface area contributed by atoms with E-state index in [4.69, 9.17) is 4.74 Å². The van der Waals surface area contributed by atoms with Gasteiger partial charge in [-0.3, -0.25) is 4.79 Å². The van der Waals surface area contributed by atoms with Crippen molar-refractivity contribution >= 4 is 5.91 Å². The number of ether oxygens (including phenoxy) is 1. The fourth-order valence-electron chi connectivity index (χ4n) is 1.93. The van der Waals surface area contributed by atoms with Crippen molar-refractivity contribution in [3.05, 3.63) is 54.1 Å². The largest absolute Gasteiger partial charge is 0.497 e. The molecule has 2 rings (SSSR count). The van der Waals surface area contributed by atoms with Crippen molar-refractivity contribution in [2.75, 3.05) is 21.2 Å². The zero-order valence-corrected chi connectivity index (χ0v) is 11.4. The first-order valence-corrected chi connectivity index (χ1v) is 6.08. The summed E-state index contributed by atoms with van der Waals surface area (Å²) in [4.78, 5) is 13.8. The summed E-state index contributed by atoms with van der Waals surface area (Å²) in [6.45, 7) is 0. The molecule has 0 fully saturated rings. The van der Waals surface area contributed by atoms with Gasteiger partial charge in [0.15, 0.2) is 0 Å². The van der Waals surface area contributed by atoms with E-state index in [1.54, 1.807) is 26.1 Å². The Bertz CT molecular complexity index is 577. The van der Waals surface area contributed by atoms with Crippen LogP contribution < -0.4 is 4.74 Å². The zero-order valence-electron chi connectivity index (χ0n) is 11.4. The number of methoxy groups -OCH3 is 1. The predicted octanol–water partition coefficient (Wildman–Crippen LogP) is 3.06. The first-order valence-electron chi connectivity index (χ1n) is 6.08. The molecule has 0 unspecified atom stereocenters. The van der Waals surface area contributed by atoms with Crippen molar-refractivity contribution < 1.29 is 9.53 Å². The summed E-state index contributed by atoms with van der Waals surface area (Å²) in [6.07, 6.45) is 0. The second-order valence-electron chi connectivity index (χ2n) is 4.48. The Hall–Kier alpha value is -2.29. The number of hydrogen-bond donors (Lipinski definition) is 0. The third-order valence-corrected chi connectivity index (χ3v) is 2.95. The average Bonchev–Trinajstić information content (AvgIpc) is 2.46. The van der Waals surface area contributed by atoms with Crippen LogP contribution in [0.4, 0.5) is 0 Å². The number of rotatable bonds is 3. The van der Waals surface area contributed by atoms with Crippen LogP contribution in [0.2, 0.25) is 0 Å². The van der Waals surface area contributed by atoms with Crippen LogP contribution in [0, 0.1) is 0 Å². The Kier molecular flexibility index (Phi) is 3.85. The summed E-state index contributed by atoms with van der Waals surface area (Å²) in [7, 11) is 5.13. The summed E-state index contributed by atoms with van der Waals surface area (Å²) in [5.74, 6) is 0.732. The van der Waals surface area contributed by atoms with Gasteiger partial charge in [-0.1, -0.05) is 30.3 Å². The monoisotopic (exact) mass is 255 g/mol. The number of carbonyl (C=O) groups is 1. The first-order chi connectivity index (χ1) is 9.13. The van der Waals surface area contributed by atoms with Crippen molar-refractivity contribution in [1.29, 1.82) is 0 Å². The summed E-state index contributed by atoms with van der Waals surface area (Å²) < 4.78 is 5.25. The molecule has 0 aliphatic heterocycles. The van der Waals surface area contributed by atoms with Crippen LogP contribution in [0.3, 0.4) is 0 Å². The lowest BCUT2D eigenvalue weighted by Gasteiger charge is -2.15. The van der Waals surface area contributed by atoms with Crippen LogP contribution in [-0.4, -0.2) is 32.0 Å². The van der Waals surface area contributed by atoms with Crippen molar-refractivity contribution in [3.8, 4) is 16.9 Å². The fraction of sp³-hybridized carbons (Fsp3) is 0.188. The minimum atomic E-state index is -0.0125. The number of hydrogen-bond acceptors (Lipinski definition) is 2. The smallest absolute Gasteiger partial charge is 0.253 e. The van der Waals surface area contributed by atoms with Gasteiger partial charge in [0.1, 0.15) is 5.75 Å². The molecule has 0 aliphatic rings. The van der Waals surface area contributed by atoms with Gasteiger partial charge < -0.3 is 9.64 Å². The van der Waals surface area contributed by atoms with Crippen LogP contribution >= 0.6 is 0 Å². The van der Waals surface area contributed by atoms with Crippen LogP contribution in [0.25, 0.3) is 11.1 Å². The van der Waals surface area contributed by atoms with E-state index in [1.807, 2.05) is 48.5 Å². The molecule has 19 heavy (non-hydrogen) atoms. The molecule has 0 saturated carbocycles. The van der Waals surface area contributed by atoms with Crippen LogP contribution in [0.15, 0.2) is 48.5 Å². The predicted molar refractivity (Wildman–Crippen MR) is 76.4 cm³/mol. The number of benzene rings is 2. The molecule has 0 atom stereocenters. The SMILES string of the molecule is COc1ccc(C(=O)N(C)C)c(-c2ccccc2)c1. The van der Waals surface area contributed by atoms with Gasteiger partial charge in [0.2, 0.25) is 0 Å². The van der Waals surface area contributed by atoms with Crippen LogP contribution in [0.1, 0.15) is 10.4 Å². The highest BCUT2D eigenvalue weighted by atomic mass is 16.5. The molecule has 0 saturated heterocycles.